The average Bonchev–Trinajstić information content (AvgIpc) is 2.63. The molecule has 0 atom stereocenters. The molecule has 0 unspecified atom stereocenters. The average molecular weight is 358 g/mol. The highest BCUT2D eigenvalue weighted by atomic mass is 19.4. The molecular formula is C18H13F3N4O. The Morgan fingerprint density at radius 3 is 2.15 bits per heavy atom. The third-order valence-electron chi connectivity index (χ3n) is 3.42. The number of amides is 1. The van der Waals surface area contributed by atoms with E-state index in [-0.39, 0.29) is 17.2 Å². The van der Waals surface area contributed by atoms with Gasteiger partial charge in [-0.15, -0.1) is 0 Å². The van der Waals surface area contributed by atoms with Gasteiger partial charge in [-0.1, -0.05) is 30.3 Å². The molecule has 0 saturated carbocycles. The van der Waals surface area contributed by atoms with Crippen LogP contribution in [-0.2, 0) is 6.18 Å². The molecule has 0 aliphatic rings. The maximum absolute atomic E-state index is 13.0. The van der Waals surface area contributed by atoms with Gasteiger partial charge < -0.3 is 10.6 Å². The fraction of sp³-hybridized carbons (Fsp3) is 0.0556. The SMILES string of the molecule is O=C(Nc1ccccc1C(F)(F)F)c1cnc(Nc2ccccc2)nc1. The van der Waals surface area contributed by atoms with Gasteiger partial charge in [0.2, 0.25) is 5.95 Å². The van der Waals surface area contributed by atoms with Crippen LogP contribution in [0.15, 0.2) is 67.0 Å². The van der Waals surface area contributed by atoms with E-state index in [4.69, 9.17) is 0 Å². The second-order valence-electron chi connectivity index (χ2n) is 5.28. The fourth-order valence-corrected chi connectivity index (χ4v) is 2.19. The molecule has 0 aliphatic carbocycles. The molecule has 2 N–H and O–H groups in total. The normalized spacial score (nSPS) is 11.0. The summed E-state index contributed by atoms with van der Waals surface area (Å²) in [5.74, 6) is -0.462. The van der Waals surface area contributed by atoms with E-state index in [1.54, 1.807) is 0 Å². The molecule has 1 amide bonds. The first kappa shape index (κ1) is 17.4. The lowest BCUT2D eigenvalue weighted by molar-refractivity contribution is -0.136. The van der Waals surface area contributed by atoms with Crippen LogP contribution in [0, 0.1) is 0 Å². The minimum absolute atomic E-state index is 0.0422. The molecule has 0 fully saturated rings. The first-order valence-electron chi connectivity index (χ1n) is 7.55. The number of carbonyl (C=O) groups is 1. The Morgan fingerprint density at radius 1 is 0.885 bits per heavy atom. The van der Waals surface area contributed by atoms with Gasteiger partial charge in [-0.3, -0.25) is 4.79 Å². The molecule has 1 heterocycles. The number of nitrogens with zero attached hydrogens (tertiary/aromatic N) is 2. The number of para-hydroxylation sites is 2. The summed E-state index contributed by atoms with van der Waals surface area (Å²) in [6.07, 6.45) is -2.09. The molecule has 8 heteroatoms. The summed E-state index contributed by atoms with van der Waals surface area (Å²) in [6.45, 7) is 0. The van der Waals surface area contributed by atoms with E-state index < -0.39 is 17.6 Å². The Balaban J connectivity index is 1.73. The first-order valence-corrected chi connectivity index (χ1v) is 7.55. The van der Waals surface area contributed by atoms with E-state index in [2.05, 4.69) is 20.6 Å². The van der Waals surface area contributed by atoms with E-state index in [0.29, 0.717) is 0 Å². The number of carbonyl (C=O) groups excluding carboxylic acids is 1. The standard InChI is InChI=1S/C18H13F3N4O/c19-18(20,21)14-8-4-5-9-15(14)25-16(26)12-10-22-17(23-11-12)24-13-6-2-1-3-7-13/h1-11H,(H,25,26)(H,22,23,24). The molecule has 0 spiro atoms. The van der Waals surface area contributed by atoms with Crippen molar-refractivity contribution in [3.05, 3.63) is 78.1 Å². The Morgan fingerprint density at radius 2 is 1.50 bits per heavy atom. The monoisotopic (exact) mass is 358 g/mol. The number of rotatable bonds is 4. The highest BCUT2D eigenvalue weighted by molar-refractivity contribution is 6.04. The molecule has 3 rings (SSSR count). The Bertz CT molecular complexity index is 896. The first-order chi connectivity index (χ1) is 12.4. The van der Waals surface area contributed by atoms with Crippen molar-refractivity contribution < 1.29 is 18.0 Å². The maximum Gasteiger partial charge on any atom is 0.418 e. The third-order valence-corrected chi connectivity index (χ3v) is 3.42. The van der Waals surface area contributed by atoms with Gasteiger partial charge in [-0.2, -0.15) is 13.2 Å². The summed E-state index contributed by atoms with van der Waals surface area (Å²) in [5, 5.41) is 5.19. The van der Waals surface area contributed by atoms with Crippen molar-refractivity contribution in [1.29, 1.82) is 0 Å². The number of halogens is 3. The van der Waals surface area contributed by atoms with Crippen molar-refractivity contribution in [2.24, 2.45) is 0 Å². The van der Waals surface area contributed by atoms with Crippen molar-refractivity contribution in [3.63, 3.8) is 0 Å². The lowest BCUT2D eigenvalue weighted by Gasteiger charge is -2.13. The molecule has 132 valence electrons. The van der Waals surface area contributed by atoms with Crippen LogP contribution in [-0.4, -0.2) is 15.9 Å². The van der Waals surface area contributed by atoms with Gasteiger partial charge in [0.15, 0.2) is 0 Å². The summed E-state index contributed by atoms with van der Waals surface area (Å²) in [7, 11) is 0. The molecule has 0 bridgehead atoms. The van der Waals surface area contributed by atoms with Crippen molar-refractivity contribution in [1.82, 2.24) is 9.97 Å². The summed E-state index contributed by atoms with van der Waals surface area (Å²) < 4.78 is 38.9. The molecule has 3 aromatic rings. The Hall–Kier alpha value is -3.42. The lowest BCUT2D eigenvalue weighted by atomic mass is 10.1. The summed E-state index contributed by atoms with van der Waals surface area (Å²) in [4.78, 5) is 20.2. The summed E-state index contributed by atoms with van der Waals surface area (Å²) >= 11 is 0. The van der Waals surface area contributed by atoms with E-state index >= 15 is 0 Å². The largest absolute Gasteiger partial charge is 0.418 e. The topological polar surface area (TPSA) is 66.9 Å². The van der Waals surface area contributed by atoms with Gasteiger partial charge >= 0.3 is 6.18 Å². The molecular weight excluding hydrogens is 345 g/mol. The number of nitrogens with one attached hydrogen (secondary N) is 2. The van der Waals surface area contributed by atoms with Crippen LogP contribution >= 0.6 is 0 Å². The number of hydrogen-bond acceptors (Lipinski definition) is 4. The van der Waals surface area contributed by atoms with E-state index in [9.17, 15) is 18.0 Å². The van der Waals surface area contributed by atoms with Crippen molar-refractivity contribution in [3.8, 4) is 0 Å². The zero-order valence-corrected chi connectivity index (χ0v) is 13.3. The predicted octanol–water partition coefficient (Wildman–Crippen LogP) is 4.49. The van der Waals surface area contributed by atoms with Crippen molar-refractivity contribution in [2.45, 2.75) is 6.18 Å². The van der Waals surface area contributed by atoms with E-state index in [1.165, 1.54) is 30.6 Å². The predicted molar refractivity (Wildman–Crippen MR) is 91.2 cm³/mol. The third kappa shape index (κ3) is 4.15. The molecule has 1 aromatic heterocycles. The van der Waals surface area contributed by atoms with E-state index in [1.807, 2.05) is 30.3 Å². The Labute approximate surface area is 146 Å². The van der Waals surface area contributed by atoms with Crippen molar-refractivity contribution >= 4 is 23.2 Å². The van der Waals surface area contributed by atoms with E-state index in [0.717, 1.165) is 11.8 Å². The van der Waals surface area contributed by atoms with Crippen LogP contribution in [0.1, 0.15) is 15.9 Å². The lowest BCUT2D eigenvalue weighted by Crippen LogP contribution is -2.17. The van der Waals surface area contributed by atoms with Gasteiger partial charge in [-0.25, -0.2) is 9.97 Å². The molecule has 26 heavy (non-hydrogen) atoms. The maximum atomic E-state index is 13.0. The van der Waals surface area contributed by atoms with Crippen LogP contribution in [0.4, 0.5) is 30.5 Å². The highest BCUT2D eigenvalue weighted by Crippen LogP contribution is 2.34. The van der Waals surface area contributed by atoms with Crippen molar-refractivity contribution in [2.75, 3.05) is 10.6 Å². The summed E-state index contributed by atoms with van der Waals surface area (Å²) in [5.41, 5.74) is -0.433. The van der Waals surface area contributed by atoms with Crippen LogP contribution in [0.25, 0.3) is 0 Å². The number of anilines is 3. The Kier molecular flexibility index (Phi) is 4.83. The second kappa shape index (κ2) is 7.22. The highest BCUT2D eigenvalue weighted by Gasteiger charge is 2.33. The minimum atomic E-state index is -4.57. The molecule has 0 radical (unpaired) electrons. The van der Waals surface area contributed by atoms with Gasteiger partial charge in [-0.05, 0) is 24.3 Å². The molecule has 0 saturated heterocycles. The van der Waals surface area contributed by atoms with Gasteiger partial charge in [0.25, 0.3) is 5.91 Å². The van der Waals surface area contributed by atoms with Crippen LogP contribution in [0.5, 0.6) is 0 Å². The quantitative estimate of drug-likeness (QED) is 0.721. The summed E-state index contributed by atoms with van der Waals surface area (Å²) in [6, 6.07) is 13.9. The molecule has 5 nitrogen and oxygen atoms in total. The van der Waals surface area contributed by atoms with Gasteiger partial charge in [0.05, 0.1) is 16.8 Å². The number of alkyl halides is 3. The van der Waals surface area contributed by atoms with Gasteiger partial charge in [0, 0.05) is 18.1 Å². The van der Waals surface area contributed by atoms with Gasteiger partial charge in [0.1, 0.15) is 0 Å². The van der Waals surface area contributed by atoms with Crippen LogP contribution < -0.4 is 10.6 Å². The zero-order chi connectivity index (χ0) is 18.6. The molecule has 0 aliphatic heterocycles. The smallest absolute Gasteiger partial charge is 0.324 e. The van der Waals surface area contributed by atoms with Crippen LogP contribution in [0.3, 0.4) is 0 Å². The number of aromatic nitrogens is 2. The molecule has 2 aromatic carbocycles. The second-order valence-corrected chi connectivity index (χ2v) is 5.28. The number of benzene rings is 2. The zero-order valence-electron chi connectivity index (χ0n) is 13.3. The number of hydrogen-bond donors (Lipinski definition) is 2. The van der Waals surface area contributed by atoms with Crippen LogP contribution in [0.2, 0.25) is 0 Å². The minimum Gasteiger partial charge on any atom is -0.324 e. The fourth-order valence-electron chi connectivity index (χ4n) is 2.19.